The first-order valence-electron chi connectivity index (χ1n) is 9.02. The van der Waals surface area contributed by atoms with E-state index in [1.54, 1.807) is 7.11 Å². The zero-order valence-corrected chi connectivity index (χ0v) is 15.1. The third-order valence-corrected chi connectivity index (χ3v) is 5.27. The molecule has 2 aliphatic rings. The lowest BCUT2D eigenvalue weighted by Gasteiger charge is -2.35. The van der Waals surface area contributed by atoms with Crippen LogP contribution >= 0.6 is 0 Å². The maximum atomic E-state index is 12.7. The highest BCUT2D eigenvalue weighted by Crippen LogP contribution is 2.23. The molecule has 2 aliphatic heterocycles. The molecular formula is C19H27N3O3. The number of likely N-dealkylation sites (N-methyl/N-ethyl adjacent to an activating group) is 1. The second-order valence-electron chi connectivity index (χ2n) is 6.84. The molecule has 1 aromatic carbocycles. The molecule has 25 heavy (non-hydrogen) atoms. The fourth-order valence-electron chi connectivity index (χ4n) is 3.67. The Morgan fingerprint density at radius 2 is 2.04 bits per heavy atom. The summed E-state index contributed by atoms with van der Waals surface area (Å²) in [4.78, 5) is 33.5. The molecule has 0 aliphatic carbocycles. The summed E-state index contributed by atoms with van der Waals surface area (Å²) in [6.07, 6.45) is 3.75. The highest BCUT2D eigenvalue weighted by atomic mass is 16.7. The quantitative estimate of drug-likeness (QED) is 0.817. The molecule has 2 heterocycles. The van der Waals surface area contributed by atoms with Gasteiger partial charge >= 0.3 is 0 Å². The zero-order valence-electron chi connectivity index (χ0n) is 15.1. The van der Waals surface area contributed by atoms with Gasteiger partial charge in [-0.15, -0.1) is 0 Å². The van der Waals surface area contributed by atoms with Crippen molar-refractivity contribution < 1.29 is 14.4 Å². The second kappa shape index (κ2) is 7.97. The first kappa shape index (κ1) is 17.9. The Balaban J connectivity index is 1.60. The van der Waals surface area contributed by atoms with Gasteiger partial charge in [0.1, 0.15) is 0 Å². The molecule has 1 aromatic rings. The van der Waals surface area contributed by atoms with Crippen molar-refractivity contribution in [2.75, 3.05) is 38.7 Å². The number of nitrogens with zero attached hydrogens (tertiary/aromatic N) is 3. The van der Waals surface area contributed by atoms with E-state index in [0.717, 1.165) is 50.1 Å². The van der Waals surface area contributed by atoms with E-state index in [2.05, 4.69) is 0 Å². The first-order valence-corrected chi connectivity index (χ1v) is 9.02. The lowest BCUT2D eigenvalue weighted by molar-refractivity contribution is -0.154. The Labute approximate surface area is 149 Å². The van der Waals surface area contributed by atoms with Gasteiger partial charge in [0, 0.05) is 44.8 Å². The molecule has 0 bridgehead atoms. The van der Waals surface area contributed by atoms with Crippen LogP contribution in [0.2, 0.25) is 0 Å². The minimum Gasteiger partial charge on any atom is -0.342 e. The number of rotatable bonds is 5. The maximum absolute atomic E-state index is 12.7. The zero-order chi connectivity index (χ0) is 17.8. The summed E-state index contributed by atoms with van der Waals surface area (Å²) in [6, 6.07) is 8.08. The predicted molar refractivity (Wildman–Crippen MR) is 96.1 cm³/mol. The average Bonchev–Trinajstić information content (AvgIpc) is 3.07. The van der Waals surface area contributed by atoms with Gasteiger partial charge in [0.2, 0.25) is 11.8 Å². The highest BCUT2D eigenvalue weighted by Gasteiger charge is 2.26. The minimum absolute atomic E-state index is 0.126. The Morgan fingerprint density at radius 3 is 2.68 bits per heavy atom. The Kier molecular flexibility index (Phi) is 5.71. The van der Waals surface area contributed by atoms with Crippen LogP contribution in [0.15, 0.2) is 24.3 Å². The normalized spacial score (nSPS) is 19.4. The fraction of sp³-hybridized carbons (Fsp3) is 0.579. The number of hydrogen-bond acceptors (Lipinski definition) is 4. The topological polar surface area (TPSA) is 53.1 Å². The Bertz CT molecular complexity index is 626. The van der Waals surface area contributed by atoms with Crippen molar-refractivity contribution in [3.8, 4) is 0 Å². The van der Waals surface area contributed by atoms with Crippen LogP contribution in [0, 0.1) is 0 Å². The van der Waals surface area contributed by atoms with Crippen molar-refractivity contribution in [3.63, 3.8) is 0 Å². The van der Waals surface area contributed by atoms with Crippen LogP contribution in [0.3, 0.4) is 0 Å². The lowest BCUT2D eigenvalue weighted by Crippen LogP contribution is -2.45. The lowest BCUT2D eigenvalue weighted by atomic mass is 10.0. The third-order valence-electron chi connectivity index (χ3n) is 5.27. The van der Waals surface area contributed by atoms with Crippen molar-refractivity contribution in [1.29, 1.82) is 0 Å². The molecule has 0 atom stereocenters. The molecular weight excluding hydrogens is 318 g/mol. The van der Waals surface area contributed by atoms with E-state index >= 15 is 0 Å². The van der Waals surface area contributed by atoms with Crippen molar-refractivity contribution in [2.45, 2.75) is 38.1 Å². The molecule has 0 N–H and O–H groups in total. The van der Waals surface area contributed by atoms with Crippen LogP contribution < -0.4 is 4.90 Å². The van der Waals surface area contributed by atoms with Gasteiger partial charge in [0.25, 0.3) is 0 Å². The molecule has 6 nitrogen and oxygen atoms in total. The number of anilines is 1. The van der Waals surface area contributed by atoms with Crippen LogP contribution in [0.4, 0.5) is 5.69 Å². The summed E-state index contributed by atoms with van der Waals surface area (Å²) in [5.41, 5.74) is 1.87. The smallest absolute Gasteiger partial charge is 0.227 e. The van der Waals surface area contributed by atoms with E-state index < -0.39 is 0 Å². The van der Waals surface area contributed by atoms with E-state index in [0.29, 0.717) is 12.8 Å². The Hall–Kier alpha value is -1.92. The summed E-state index contributed by atoms with van der Waals surface area (Å²) in [6.45, 7) is 2.48. The molecule has 0 aromatic heterocycles. The van der Waals surface area contributed by atoms with Crippen LogP contribution in [0.5, 0.6) is 0 Å². The van der Waals surface area contributed by atoms with Gasteiger partial charge in [-0.3, -0.25) is 9.59 Å². The summed E-state index contributed by atoms with van der Waals surface area (Å²) in [5, 5.41) is 1.94. The van der Waals surface area contributed by atoms with E-state index in [1.807, 2.05) is 46.2 Å². The fourth-order valence-corrected chi connectivity index (χ4v) is 3.67. The molecule has 0 unspecified atom stereocenters. The number of amides is 2. The highest BCUT2D eigenvalue weighted by molar-refractivity contribution is 5.95. The summed E-state index contributed by atoms with van der Waals surface area (Å²) < 4.78 is 0. The standard InChI is InChI=1S/C19H27N3O3/c1-20(16-8-11-21(25-2)12-9-16)19(24)14-15-5-3-6-17(13-15)22-10-4-7-18(22)23/h3,5-6,13,16H,4,7-12,14H2,1-2H3. The molecule has 136 valence electrons. The molecule has 3 rings (SSSR count). The number of carbonyl (C=O) groups is 2. The van der Waals surface area contributed by atoms with Gasteiger partial charge in [-0.25, -0.2) is 0 Å². The van der Waals surface area contributed by atoms with E-state index in [-0.39, 0.29) is 17.9 Å². The van der Waals surface area contributed by atoms with Gasteiger partial charge in [0.15, 0.2) is 0 Å². The van der Waals surface area contributed by atoms with Crippen molar-refractivity contribution in [2.24, 2.45) is 0 Å². The van der Waals surface area contributed by atoms with E-state index in [1.165, 1.54) is 0 Å². The molecule has 6 heteroatoms. The van der Waals surface area contributed by atoms with Gasteiger partial charge < -0.3 is 14.6 Å². The third kappa shape index (κ3) is 4.19. The summed E-state index contributed by atoms with van der Waals surface area (Å²) >= 11 is 0. The largest absolute Gasteiger partial charge is 0.342 e. The van der Waals surface area contributed by atoms with Crippen LogP contribution in [-0.2, 0) is 20.8 Å². The molecule has 2 saturated heterocycles. The van der Waals surface area contributed by atoms with Gasteiger partial charge in [-0.1, -0.05) is 12.1 Å². The van der Waals surface area contributed by atoms with Gasteiger partial charge in [0.05, 0.1) is 13.5 Å². The van der Waals surface area contributed by atoms with E-state index in [9.17, 15) is 9.59 Å². The number of carbonyl (C=O) groups excluding carboxylic acids is 2. The van der Waals surface area contributed by atoms with Gasteiger partial charge in [-0.05, 0) is 37.0 Å². The average molecular weight is 345 g/mol. The molecule has 2 amide bonds. The van der Waals surface area contributed by atoms with Crippen molar-refractivity contribution in [1.82, 2.24) is 9.96 Å². The maximum Gasteiger partial charge on any atom is 0.227 e. The number of piperidine rings is 1. The van der Waals surface area contributed by atoms with Crippen LogP contribution in [0.1, 0.15) is 31.2 Å². The SMILES string of the molecule is CON1CCC(N(C)C(=O)Cc2cccc(N3CCCC3=O)c2)CC1. The molecule has 0 spiro atoms. The van der Waals surface area contributed by atoms with Crippen molar-refractivity contribution >= 4 is 17.5 Å². The summed E-state index contributed by atoms with van der Waals surface area (Å²) in [7, 11) is 3.58. The van der Waals surface area contributed by atoms with Gasteiger partial charge in [-0.2, -0.15) is 5.06 Å². The van der Waals surface area contributed by atoms with E-state index in [4.69, 9.17) is 4.84 Å². The van der Waals surface area contributed by atoms with Crippen LogP contribution in [0.25, 0.3) is 0 Å². The number of hydroxylamine groups is 2. The summed E-state index contributed by atoms with van der Waals surface area (Å²) in [5.74, 6) is 0.297. The second-order valence-corrected chi connectivity index (χ2v) is 6.84. The molecule has 0 saturated carbocycles. The number of benzene rings is 1. The van der Waals surface area contributed by atoms with Crippen LogP contribution in [-0.4, -0.2) is 61.6 Å². The first-order chi connectivity index (χ1) is 12.1. The van der Waals surface area contributed by atoms with Crippen molar-refractivity contribution in [3.05, 3.63) is 29.8 Å². The predicted octanol–water partition coefficient (Wildman–Crippen LogP) is 1.84. The molecule has 0 radical (unpaired) electrons. The minimum atomic E-state index is 0.126. The Morgan fingerprint density at radius 1 is 1.28 bits per heavy atom. The molecule has 2 fully saturated rings. The monoisotopic (exact) mass is 345 g/mol. The number of hydrogen-bond donors (Lipinski definition) is 0.